The maximum absolute atomic E-state index is 6.17. The Morgan fingerprint density at radius 2 is 1.95 bits per heavy atom. The van der Waals surface area contributed by atoms with Gasteiger partial charge in [-0.2, -0.15) is 0 Å². The zero-order valence-corrected chi connectivity index (χ0v) is 12.5. The molecule has 1 aromatic carbocycles. The Kier molecular flexibility index (Phi) is 3.71. The van der Waals surface area contributed by atoms with E-state index < -0.39 is 0 Å². The molecule has 5 heteroatoms. The van der Waals surface area contributed by atoms with Crippen molar-refractivity contribution in [1.82, 2.24) is 9.38 Å². The average molecular weight is 302 g/mol. The third-order valence-electron chi connectivity index (χ3n) is 3.22. The van der Waals surface area contributed by atoms with E-state index in [1.54, 1.807) is 16.7 Å². The number of halogens is 1. The first-order chi connectivity index (χ1) is 10.2. The summed E-state index contributed by atoms with van der Waals surface area (Å²) in [6.45, 7) is 2.80. The van der Waals surface area contributed by atoms with Crippen LogP contribution in [0.25, 0.3) is 16.9 Å². The Morgan fingerprint density at radius 1 is 1.19 bits per heavy atom. The van der Waals surface area contributed by atoms with Crippen molar-refractivity contribution in [1.29, 1.82) is 0 Å². The number of nitrogen functional groups attached to an aromatic ring is 1. The van der Waals surface area contributed by atoms with E-state index in [4.69, 9.17) is 22.1 Å². The van der Waals surface area contributed by atoms with E-state index >= 15 is 0 Å². The van der Waals surface area contributed by atoms with Crippen molar-refractivity contribution in [2.24, 2.45) is 0 Å². The van der Waals surface area contributed by atoms with Crippen LogP contribution in [0.4, 0.5) is 5.82 Å². The highest BCUT2D eigenvalue weighted by Gasteiger charge is 2.11. The van der Waals surface area contributed by atoms with Crippen LogP contribution in [0.2, 0.25) is 5.02 Å². The molecule has 3 aromatic rings. The molecule has 0 aliphatic rings. The molecule has 108 valence electrons. The second-order valence-electron chi connectivity index (χ2n) is 4.79. The van der Waals surface area contributed by atoms with Crippen LogP contribution in [0, 0.1) is 0 Å². The van der Waals surface area contributed by atoms with Gasteiger partial charge in [-0.3, -0.25) is 4.40 Å². The molecule has 0 saturated heterocycles. The fraction of sp³-hybridized carbons (Fsp3) is 0.188. The number of hydrogen-bond acceptors (Lipinski definition) is 3. The van der Waals surface area contributed by atoms with Gasteiger partial charge in [-0.25, -0.2) is 4.98 Å². The SMILES string of the molecule is CCCOc1ccc(-c2nc3ccc(Cl)cn3c2N)cc1. The predicted octanol–water partition coefficient (Wildman–Crippen LogP) is 4.03. The number of hydrogen-bond donors (Lipinski definition) is 1. The minimum Gasteiger partial charge on any atom is -0.494 e. The molecule has 0 unspecified atom stereocenters. The molecule has 21 heavy (non-hydrogen) atoms. The van der Waals surface area contributed by atoms with Gasteiger partial charge in [0, 0.05) is 11.8 Å². The standard InChI is InChI=1S/C16H16ClN3O/c1-2-9-21-13-6-3-11(4-7-13)15-16(18)20-10-12(17)5-8-14(20)19-15/h3-8,10H,2,9,18H2,1H3. The lowest BCUT2D eigenvalue weighted by Crippen LogP contribution is -1.95. The summed E-state index contributed by atoms with van der Waals surface area (Å²) in [5, 5.41) is 0.626. The molecule has 0 amide bonds. The molecule has 0 bridgehead atoms. The summed E-state index contributed by atoms with van der Waals surface area (Å²) in [5.74, 6) is 1.43. The minimum atomic E-state index is 0.578. The highest BCUT2D eigenvalue weighted by molar-refractivity contribution is 6.30. The van der Waals surface area contributed by atoms with Gasteiger partial charge in [-0.1, -0.05) is 18.5 Å². The monoisotopic (exact) mass is 301 g/mol. The lowest BCUT2D eigenvalue weighted by molar-refractivity contribution is 0.317. The summed E-state index contributed by atoms with van der Waals surface area (Å²) < 4.78 is 7.37. The number of fused-ring (bicyclic) bond motifs is 1. The Hall–Kier alpha value is -2.20. The van der Waals surface area contributed by atoms with E-state index in [2.05, 4.69) is 11.9 Å². The van der Waals surface area contributed by atoms with Crippen molar-refractivity contribution in [2.45, 2.75) is 13.3 Å². The topological polar surface area (TPSA) is 52.5 Å². The van der Waals surface area contributed by atoms with Crippen LogP contribution in [-0.2, 0) is 0 Å². The molecule has 0 fully saturated rings. The normalized spacial score (nSPS) is 11.0. The van der Waals surface area contributed by atoms with Gasteiger partial charge in [-0.05, 0) is 42.8 Å². The van der Waals surface area contributed by atoms with Crippen molar-refractivity contribution in [2.75, 3.05) is 12.3 Å². The lowest BCUT2D eigenvalue weighted by Gasteiger charge is -2.05. The van der Waals surface area contributed by atoms with Crippen LogP contribution in [-0.4, -0.2) is 16.0 Å². The van der Waals surface area contributed by atoms with E-state index in [1.165, 1.54) is 0 Å². The molecule has 2 aromatic heterocycles. The number of nitrogens with two attached hydrogens (primary N) is 1. The number of imidazole rings is 1. The van der Waals surface area contributed by atoms with Crippen LogP contribution in [0.3, 0.4) is 0 Å². The molecule has 0 spiro atoms. The summed E-state index contributed by atoms with van der Waals surface area (Å²) in [6.07, 6.45) is 2.75. The highest BCUT2D eigenvalue weighted by Crippen LogP contribution is 2.28. The first kappa shape index (κ1) is 13.8. The van der Waals surface area contributed by atoms with Crippen molar-refractivity contribution in [3.8, 4) is 17.0 Å². The van der Waals surface area contributed by atoms with Crippen LogP contribution in [0.15, 0.2) is 42.6 Å². The number of nitrogens with zero attached hydrogens (tertiary/aromatic N) is 2. The third kappa shape index (κ3) is 2.67. The summed E-state index contributed by atoms with van der Waals surface area (Å²) in [5.41, 5.74) is 8.65. The molecule has 4 nitrogen and oxygen atoms in total. The molecular weight excluding hydrogens is 286 g/mol. The second-order valence-corrected chi connectivity index (χ2v) is 5.23. The van der Waals surface area contributed by atoms with E-state index in [9.17, 15) is 0 Å². The van der Waals surface area contributed by atoms with Crippen molar-refractivity contribution >= 4 is 23.1 Å². The zero-order valence-electron chi connectivity index (χ0n) is 11.7. The van der Waals surface area contributed by atoms with Gasteiger partial charge in [0.15, 0.2) is 0 Å². The van der Waals surface area contributed by atoms with Gasteiger partial charge in [0.05, 0.1) is 11.6 Å². The Bertz CT molecular complexity index is 765. The van der Waals surface area contributed by atoms with Gasteiger partial charge in [0.1, 0.15) is 22.9 Å². The number of benzene rings is 1. The van der Waals surface area contributed by atoms with Gasteiger partial charge in [0.25, 0.3) is 0 Å². The first-order valence-electron chi connectivity index (χ1n) is 6.85. The fourth-order valence-corrected chi connectivity index (χ4v) is 2.34. The maximum atomic E-state index is 6.17. The van der Waals surface area contributed by atoms with Crippen molar-refractivity contribution < 1.29 is 4.74 Å². The molecule has 2 N–H and O–H groups in total. The van der Waals surface area contributed by atoms with Crippen molar-refractivity contribution in [3.63, 3.8) is 0 Å². The molecule has 0 radical (unpaired) electrons. The smallest absolute Gasteiger partial charge is 0.139 e. The number of rotatable bonds is 4. The molecule has 3 rings (SSSR count). The highest BCUT2D eigenvalue weighted by atomic mass is 35.5. The number of pyridine rings is 1. The number of anilines is 1. The van der Waals surface area contributed by atoms with E-state index in [0.29, 0.717) is 17.4 Å². The molecule has 0 saturated carbocycles. The minimum absolute atomic E-state index is 0.578. The van der Waals surface area contributed by atoms with Gasteiger partial charge >= 0.3 is 0 Å². The summed E-state index contributed by atoms with van der Waals surface area (Å²) >= 11 is 5.99. The molecular formula is C16H16ClN3O. The maximum Gasteiger partial charge on any atom is 0.139 e. The Labute approximate surface area is 128 Å². The Balaban J connectivity index is 1.98. The van der Waals surface area contributed by atoms with E-state index in [1.807, 2.05) is 30.3 Å². The summed E-state index contributed by atoms with van der Waals surface area (Å²) in [4.78, 5) is 4.55. The summed E-state index contributed by atoms with van der Waals surface area (Å²) in [7, 11) is 0. The summed E-state index contributed by atoms with van der Waals surface area (Å²) in [6, 6.07) is 11.4. The fourth-order valence-electron chi connectivity index (χ4n) is 2.18. The first-order valence-corrected chi connectivity index (χ1v) is 7.23. The lowest BCUT2D eigenvalue weighted by atomic mass is 10.1. The molecule has 0 aliphatic carbocycles. The average Bonchev–Trinajstić information content (AvgIpc) is 2.83. The molecule has 0 aliphatic heterocycles. The number of aromatic nitrogens is 2. The van der Waals surface area contributed by atoms with E-state index in [-0.39, 0.29) is 0 Å². The Morgan fingerprint density at radius 3 is 2.67 bits per heavy atom. The van der Waals surface area contributed by atoms with Crippen LogP contribution in [0.5, 0.6) is 5.75 Å². The van der Waals surface area contributed by atoms with Crippen molar-refractivity contribution in [3.05, 3.63) is 47.6 Å². The van der Waals surface area contributed by atoms with Gasteiger partial charge in [-0.15, -0.1) is 0 Å². The van der Waals surface area contributed by atoms with Crippen LogP contribution >= 0.6 is 11.6 Å². The zero-order chi connectivity index (χ0) is 14.8. The van der Waals surface area contributed by atoms with Gasteiger partial charge in [0.2, 0.25) is 0 Å². The number of ether oxygens (including phenoxy) is 1. The van der Waals surface area contributed by atoms with Crippen LogP contribution in [0.1, 0.15) is 13.3 Å². The third-order valence-corrected chi connectivity index (χ3v) is 3.44. The molecule has 2 heterocycles. The quantitative estimate of drug-likeness (QED) is 0.791. The van der Waals surface area contributed by atoms with E-state index in [0.717, 1.165) is 29.1 Å². The van der Waals surface area contributed by atoms with Crippen LogP contribution < -0.4 is 10.5 Å². The molecule has 0 atom stereocenters. The largest absolute Gasteiger partial charge is 0.494 e. The predicted molar refractivity (Wildman–Crippen MR) is 85.8 cm³/mol. The second kappa shape index (κ2) is 5.66. The van der Waals surface area contributed by atoms with Gasteiger partial charge < -0.3 is 10.5 Å².